The maximum Gasteiger partial charge on any atom is 0.229 e. The topological polar surface area (TPSA) is 55.1 Å². The largest absolute Gasteiger partial charge is 0.326 e. The van der Waals surface area contributed by atoms with Crippen LogP contribution in [0.25, 0.3) is 0 Å². The molecule has 2 unspecified atom stereocenters. The number of carbonyl (C=O) groups is 1. The molecule has 3 nitrogen and oxygen atoms in total. The van der Waals surface area contributed by atoms with Gasteiger partial charge in [0.15, 0.2) is 11.6 Å². The van der Waals surface area contributed by atoms with Crippen molar-refractivity contribution in [3.8, 4) is 0 Å². The van der Waals surface area contributed by atoms with Crippen LogP contribution in [0.1, 0.15) is 32.6 Å². The minimum absolute atomic E-state index is 0.226. The summed E-state index contributed by atoms with van der Waals surface area (Å²) in [4.78, 5) is 12.2. The number of amides is 1. The minimum atomic E-state index is -0.975. The average molecular weight is 268 g/mol. The molecule has 1 amide bonds. The molecular weight excluding hydrogens is 250 g/mol. The smallest absolute Gasteiger partial charge is 0.229 e. The fourth-order valence-electron chi connectivity index (χ4n) is 2.59. The number of nitrogens with one attached hydrogen (secondary N) is 1. The van der Waals surface area contributed by atoms with E-state index < -0.39 is 17.2 Å². The standard InChI is InChI=1S/C14H18F2N2O/c1-14(17)7-3-2-4-10(14)13(19)18-9-5-6-11(15)12(16)8-9/h5-6,8,10H,2-4,7,17H2,1H3,(H,18,19). The molecule has 0 aliphatic heterocycles. The number of benzene rings is 1. The zero-order valence-corrected chi connectivity index (χ0v) is 10.9. The summed E-state index contributed by atoms with van der Waals surface area (Å²) in [5.74, 6) is -2.43. The van der Waals surface area contributed by atoms with Gasteiger partial charge in [0.2, 0.25) is 5.91 Å². The first-order valence-electron chi connectivity index (χ1n) is 6.45. The van der Waals surface area contributed by atoms with Gasteiger partial charge in [-0.2, -0.15) is 0 Å². The molecule has 1 aliphatic rings. The van der Waals surface area contributed by atoms with Crippen molar-refractivity contribution in [2.45, 2.75) is 38.1 Å². The Balaban J connectivity index is 2.09. The van der Waals surface area contributed by atoms with Gasteiger partial charge >= 0.3 is 0 Å². The summed E-state index contributed by atoms with van der Waals surface area (Å²) in [5.41, 5.74) is 5.85. The molecule has 0 radical (unpaired) electrons. The molecule has 1 aromatic carbocycles. The summed E-state index contributed by atoms with van der Waals surface area (Å²) in [6.45, 7) is 1.86. The number of hydrogen-bond acceptors (Lipinski definition) is 2. The molecule has 2 rings (SSSR count). The minimum Gasteiger partial charge on any atom is -0.326 e. The van der Waals surface area contributed by atoms with Crippen molar-refractivity contribution in [1.29, 1.82) is 0 Å². The highest BCUT2D eigenvalue weighted by atomic mass is 19.2. The lowest BCUT2D eigenvalue weighted by atomic mass is 9.74. The van der Waals surface area contributed by atoms with E-state index in [1.54, 1.807) is 0 Å². The lowest BCUT2D eigenvalue weighted by Gasteiger charge is -2.37. The predicted molar refractivity (Wildman–Crippen MR) is 69.5 cm³/mol. The van der Waals surface area contributed by atoms with Crippen molar-refractivity contribution in [2.75, 3.05) is 5.32 Å². The third-order valence-corrected chi connectivity index (χ3v) is 3.76. The van der Waals surface area contributed by atoms with Gasteiger partial charge in [0.25, 0.3) is 0 Å². The maximum absolute atomic E-state index is 13.1. The number of halogens is 2. The molecule has 1 aromatic rings. The quantitative estimate of drug-likeness (QED) is 0.866. The maximum atomic E-state index is 13.1. The summed E-state index contributed by atoms with van der Waals surface area (Å²) in [6, 6.07) is 3.31. The second kappa shape index (κ2) is 5.25. The molecule has 1 aliphatic carbocycles. The van der Waals surface area contributed by atoms with Crippen LogP contribution in [-0.2, 0) is 4.79 Å². The van der Waals surface area contributed by atoms with Crippen LogP contribution in [0, 0.1) is 17.6 Å². The molecule has 0 aromatic heterocycles. The molecule has 1 fully saturated rings. The third-order valence-electron chi connectivity index (χ3n) is 3.76. The van der Waals surface area contributed by atoms with Gasteiger partial charge in [-0.1, -0.05) is 12.8 Å². The molecule has 2 atom stereocenters. The van der Waals surface area contributed by atoms with Crippen molar-refractivity contribution in [3.05, 3.63) is 29.8 Å². The van der Waals surface area contributed by atoms with Gasteiger partial charge in [0.1, 0.15) is 0 Å². The number of rotatable bonds is 2. The van der Waals surface area contributed by atoms with Crippen molar-refractivity contribution >= 4 is 11.6 Å². The first-order valence-corrected chi connectivity index (χ1v) is 6.45. The molecule has 5 heteroatoms. The van der Waals surface area contributed by atoms with Crippen LogP contribution in [0.4, 0.5) is 14.5 Å². The number of carbonyl (C=O) groups excluding carboxylic acids is 1. The molecule has 0 bridgehead atoms. The predicted octanol–water partition coefficient (Wildman–Crippen LogP) is 2.81. The van der Waals surface area contributed by atoms with Crippen LogP contribution in [0.2, 0.25) is 0 Å². The Hall–Kier alpha value is -1.49. The van der Waals surface area contributed by atoms with Crippen molar-refractivity contribution < 1.29 is 13.6 Å². The highest BCUT2D eigenvalue weighted by Crippen LogP contribution is 2.32. The molecule has 0 spiro atoms. The molecule has 1 saturated carbocycles. The summed E-state index contributed by atoms with van der Waals surface area (Å²) in [5, 5.41) is 2.61. The Bertz CT molecular complexity index is 488. The fourth-order valence-corrected chi connectivity index (χ4v) is 2.59. The van der Waals surface area contributed by atoms with Gasteiger partial charge in [-0.05, 0) is 31.9 Å². The van der Waals surface area contributed by atoms with E-state index in [0.717, 1.165) is 37.8 Å². The summed E-state index contributed by atoms with van der Waals surface area (Å²) in [7, 11) is 0. The van der Waals surface area contributed by atoms with Crippen molar-refractivity contribution in [2.24, 2.45) is 11.7 Å². The number of hydrogen-bond donors (Lipinski definition) is 2. The van der Waals surface area contributed by atoms with E-state index in [1.807, 2.05) is 6.92 Å². The Morgan fingerprint density at radius 1 is 1.37 bits per heavy atom. The van der Waals surface area contributed by atoms with E-state index in [0.29, 0.717) is 0 Å². The van der Waals surface area contributed by atoms with Crippen molar-refractivity contribution in [1.82, 2.24) is 0 Å². The zero-order chi connectivity index (χ0) is 14.0. The molecule has 104 valence electrons. The zero-order valence-electron chi connectivity index (χ0n) is 10.9. The summed E-state index contributed by atoms with van der Waals surface area (Å²) >= 11 is 0. The first kappa shape index (κ1) is 13.9. The third kappa shape index (κ3) is 3.10. The lowest BCUT2D eigenvalue weighted by molar-refractivity contribution is -0.122. The second-order valence-corrected chi connectivity index (χ2v) is 5.42. The normalized spacial score (nSPS) is 27.1. The van der Waals surface area contributed by atoms with E-state index in [9.17, 15) is 13.6 Å². The van der Waals surface area contributed by atoms with Crippen LogP contribution >= 0.6 is 0 Å². The van der Waals surface area contributed by atoms with E-state index in [4.69, 9.17) is 5.73 Å². The van der Waals surface area contributed by atoms with E-state index in [2.05, 4.69) is 5.32 Å². The Morgan fingerprint density at radius 3 is 2.74 bits per heavy atom. The molecule has 3 N–H and O–H groups in total. The SMILES string of the molecule is CC1(N)CCCCC1C(=O)Nc1ccc(F)c(F)c1. The number of anilines is 1. The van der Waals surface area contributed by atoms with Crippen LogP contribution in [0.15, 0.2) is 18.2 Å². The summed E-state index contributed by atoms with van der Waals surface area (Å²) < 4.78 is 25.9. The average Bonchev–Trinajstić information content (AvgIpc) is 2.33. The van der Waals surface area contributed by atoms with Gasteiger partial charge in [-0.25, -0.2) is 8.78 Å². The van der Waals surface area contributed by atoms with E-state index in [-0.39, 0.29) is 17.5 Å². The summed E-state index contributed by atoms with van der Waals surface area (Å²) in [6.07, 6.45) is 3.50. The van der Waals surface area contributed by atoms with Gasteiger partial charge in [0.05, 0.1) is 5.92 Å². The molecular formula is C14H18F2N2O. The Morgan fingerprint density at radius 2 is 2.11 bits per heavy atom. The first-order chi connectivity index (χ1) is 8.90. The van der Waals surface area contributed by atoms with Crippen molar-refractivity contribution in [3.63, 3.8) is 0 Å². The number of nitrogens with two attached hydrogens (primary N) is 1. The van der Waals surface area contributed by atoms with Crippen LogP contribution in [-0.4, -0.2) is 11.4 Å². The van der Waals surface area contributed by atoms with Gasteiger partial charge in [-0.15, -0.1) is 0 Å². The van der Waals surface area contributed by atoms with Crippen LogP contribution in [0.3, 0.4) is 0 Å². The molecule has 19 heavy (non-hydrogen) atoms. The van der Waals surface area contributed by atoms with E-state index >= 15 is 0 Å². The highest BCUT2D eigenvalue weighted by Gasteiger charge is 2.37. The Kier molecular flexibility index (Phi) is 3.85. The second-order valence-electron chi connectivity index (χ2n) is 5.42. The van der Waals surface area contributed by atoms with Gasteiger partial charge in [0, 0.05) is 17.3 Å². The Labute approximate surface area is 111 Å². The van der Waals surface area contributed by atoms with Crippen LogP contribution in [0.5, 0.6) is 0 Å². The van der Waals surface area contributed by atoms with Gasteiger partial charge < -0.3 is 11.1 Å². The lowest BCUT2D eigenvalue weighted by Crippen LogP contribution is -2.51. The molecule has 0 saturated heterocycles. The highest BCUT2D eigenvalue weighted by molar-refractivity contribution is 5.93. The van der Waals surface area contributed by atoms with E-state index in [1.165, 1.54) is 6.07 Å². The molecule has 0 heterocycles. The van der Waals surface area contributed by atoms with Crippen LogP contribution < -0.4 is 11.1 Å². The fraction of sp³-hybridized carbons (Fsp3) is 0.500. The monoisotopic (exact) mass is 268 g/mol. The van der Waals surface area contributed by atoms with Gasteiger partial charge in [-0.3, -0.25) is 4.79 Å².